The SMILES string of the molecule is CC(C)=C1C(=O)OC(=Nc2ccc(C)cc2)C1=C(C)c1cc(C)oc1C. The highest BCUT2D eigenvalue weighted by Gasteiger charge is 2.35. The van der Waals surface area contributed by atoms with Gasteiger partial charge in [-0.3, -0.25) is 0 Å². The van der Waals surface area contributed by atoms with Gasteiger partial charge in [0.05, 0.1) is 16.8 Å². The van der Waals surface area contributed by atoms with Crippen molar-refractivity contribution in [2.75, 3.05) is 0 Å². The number of furan rings is 1. The minimum absolute atomic E-state index is 0.339. The summed E-state index contributed by atoms with van der Waals surface area (Å²) in [5.74, 6) is 1.63. The van der Waals surface area contributed by atoms with E-state index < -0.39 is 0 Å². The number of aliphatic imine (C=N–C) groups is 1. The van der Waals surface area contributed by atoms with Gasteiger partial charge in [0.15, 0.2) is 0 Å². The standard InChI is InChI=1S/C22H23NO3/c1-12(2)19-20(15(5)18-11-14(4)25-16(18)6)21(26-22(19)24)23-17-9-7-13(3)8-10-17/h7-11H,1-6H3. The van der Waals surface area contributed by atoms with Gasteiger partial charge in [-0.1, -0.05) is 23.3 Å². The molecule has 0 unspecified atom stereocenters. The van der Waals surface area contributed by atoms with E-state index in [0.717, 1.165) is 45.1 Å². The molecule has 1 aromatic carbocycles. The highest BCUT2D eigenvalue weighted by Crippen LogP contribution is 2.36. The molecule has 1 fully saturated rings. The minimum Gasteiger partial charge on any atom is -0.466 e. The van der Waals surface area contributed by atoms with Crippen molar-refractivity contribution >= 4 is 23.1 Å². The average molecular weight is 349 g/mol. The minimum atomic E-state index is -0.358. The Kier molecular flexibility index (Phi) is 4.68. The Bertz CT molecular complexity index is 965. The first-order valence-corrected chi connectivity index (χ1v) is 8.62. The van der Waals surface area contributed by atoms with Gasteiger partial charge in [-0.25, -0.2) is 9.79 Å². The summed E-state index contributed by atoms with van der Waals surface area (Å²) in [5.41, 5.74) is 6.00. The molecule has 0 aliphatic carbocycles. The summed E-state index contributed by atoms with van der Waals surface area (Å²) in [6, 6.07) is 9.77. The van der Waals surface area contributed by atoms with E-state index in [4.69, 9.17) is 9.15 Å². The van der Waals surface area contributed by atoms with Gasteiger partial charge in [-0.2, -0.15) is 0 Å². The van der Waals surface area contributed by atoms with E-state index in [1.165, 1.54) is 0 Å². The number of carbonyl (C=O) groups is 1. The topological polar surface area (TPSA) is 51.8 Å². The van der Waals surface area contributed by atoms with Crippen LogP contribution in [-0.2, 0) is 9.53 Å². The van der Waals surface area contributed by atoms with Crippen LogP contribution in [0.3, 0.4) is 0 Å². The summed E-state index contributed by atoms with van der Waals surface area (Å²) in [6.45, 7) is 11.6. The number of cyclic esters (lactones) is 1. The lowest BCUT2D eigenvalue weighted by atomic mass is 9.94. The molecule has 1 aliphatic heterocycles. The van der Waals surface area contributed by atoms with Crippen molar-refractivity contribution < 1.29 is 13.9 Å². The summed E-state index contributed by atoms with van der Waals surface area (Å²) in [5, 5.41) is 0. The first kappa shape index (κ1) is 17.9. The molecule has 2 heterocycles. The smallest absolute Gasteiger partial charge is 0.345 e. The van der Waals surface area contributed by atoms with Gasteiger partial charge in [0.1, 0.15) is 11.5 Å². The summed E-state index contributed by atoms with van der Waals surface area (Å²) in [6.07, 6.45) is 0. The summed E-state index contributed by atoms with van der Waals surface area (Å²) in [4.78, 5) is 17.1. The van der Waals surface area contributed by atoms with Crippen LogP contribution in [0.1, 0.15) is 43.4 Å². The Morgan fingerprint density at radius 2 is 1.62 bits per heavy atom. The third kappa shape index (κ3) is 3.27. The molecule has 1 aromatic heterocycles. The van der Waals surface area contributed by atoms with E-state index in [0.29, 0.717) is 11.5 Å². The Hall–Kier alpha value is -2.88. The van der Waals surface area contributed by atoms with Gasteiger partial charge < -0.3 is 9.15 Å². The number of rotatable bonds is 2. The van der Waals surface area contributed by atoms with E-state index in [1.54, 1.807) is 0 Å². The van der Waals surface area contributed by atoms with Crippen LogP contribution in [0.5, 0.6) is 0 Å². The summed E-state index contributed by atoms with van der Waals surface area (Å²) in [7, 11) is 0. The summed E-state index contributed by atoms with van der Waals surface area (Å²) < 4.78 is 11.2. The third-order valence-electron chi connectivity index (χ3n) is 4.44. The molecule has 0 atom stereocenters. The van der Waals surface area contributed by atoms with Crippen molar-refractivity contribution in [1.82, 2.24) is 0 Å². The van der Waals surface area contributed by atoms with Gasteiger partial charge in [0, 0.05) is 5.56 Å². The number of nitrogens with zero attached hydrogens (tertiary/aromatic N) is 1. The zero-order valence-corrected chi connectivity index (χ0v) is 16.1. The number of hydrogen-bond donors (Lipinski definition) is 0. The van der Waals surface area contributed by atoms with Crippen LogP contribution < -0.4 is 0 Å². The largest absolute Gasteiger partial charge is 0.466 e. The fourth-order valence-corrected chi connectivity index (χ4v) is 3.15. The van der Waals surface area contributed by atoms with Crippen LogP contribution >= 0.6 is 0 Å². The number of esters is 1. The Morgan fingerprint density at radius 1 is 0.962 bits per heavy atom. The lowest BCUT2D eigenvalue weighted by molar-refractivity contribution is -0.129. The molecular formula is C22H23NO3. The number of benzene rings is 1. The summed E-state index contributed by atoms with van der Waals surface area (Å²) >= 11 is 0. The number of aryl methyl sites for hydroxylation is 3. The van der Waals surface area contributed by atoms with Crippen LogP contribution in [0.15, 0.2) is 56.5 Å². The normalized spacial score (nSPS) is 17.7. The second kappa shape index (κ2) is 6.79. The van der Waals surface area contributed by atoms with Crippen molar-refractivity contribution in [3.05, 3.63) is 69.7 Å². The second-order valence-electron chi connectivity index (χ2n) is 6.84. The maximum absolute atomic E-state index is 12.5. The molecule has 4 nitrogen and oxygen atoms in total. The highest BCUT2D eigenvalue weighted by atomic mass is 16.5. The number of ether oxygens (including phenoxy) is 1. The van der Waals surface area contributed by atoms with Crippen molar-refractivity contribution in [3.8, 4) is 0 Å². The fraction of sp³-hybridized carbons (Fsp3) is 0.273. The zero-order chi connectivity index (χ0) is 19.0. The van der Waals surface area contributed by atoms with E-state index in [1.807, 2.05) is 71.9 Å². The molecule has 0 radical (unpaired) electrons. The van der Waals surface area contributed by atoms with Crippen molar-refractivity contribution in [2.45, 2.75) is 41.5 Å². The average Bonchev–Trinajstić information content (AvgIpc) is 3.07. The molecule has 0 amide bonds. The van der Waals surface area contributed by atoms with Crippen molar-refractivity contribution in [2.24, 2.45) is 4.99 Å². The van der Waals surface area contributed by atoms with Crippen molar-refractivity contribution in [1.29, 1.82) is 0 Å². The Labute approximate surface area is 153 Å². The molecular weight excluding hydrogens is 326 g/mol. The molecule has 26 heavy (non-hydrogen) atoms. The molecule has 0 N–H and O–H groups in total. The van der Waals surface area contributed by atoms with Crippen LogP contribution in [0.25, 0.3) is 5.57 Å². The molecule has 4 heteroatoms. The van der Waals surface area contributed by atoms with Crippen LogP contribution in [0.2, 0.25) is 0 Å². The molecule has 0 saturated carbocycles. The van der Waals surface area contributed by atoms with Crippen molar-refractivity contribution in [3.63, 3.8) is 0 Å². The highest BCUT2D eigenvalue weighted by molar-refractivity contribution is 6.24. The van der Waals surface area contributed by atoms with E-state index in [-0.39, 0.29) is 5.97 Å². The van der Waals surface area contributed by atoms with E-state index in [2.05, 4.69) is 4.99 Å². The molecule has 0 bridgehead atoms. The molecule has 1 aliphatic rings. The monoisotopic (exact) mass is 349 g/mol. The van der Waals surface area contributed by atoms with Gasteiger partial charge >= 0.3 is 5.97 Å². The number of carbonyl (C=O) groups excluding carboxylic acids is 1. The van der Waals surface area contributed by atoms with E-state index in [9.17, 15) is 4.79 Å². The maximum Gasteiger partial charge on any atom is 0.345 e. The van der Waals surface area contributed by atoms with Gasteiger partial charge in [-0.15, -0.1) is 0 Å². The number of allylic oxidation sites excluding steroid dienone is 2. The van der Waals surface area contributed by atoms with Gasteiger partial charge in [-0.05, 0) is 65.3 Å². The lowest BCUT2D eigenvalue weighted by Gasteiger charge is -2.07. The lowest BCUT2D eigenvalue weighted by Crippen LogP contribution is -2.00. The molecule has 2 aromatic rings. The Balaban J connectivity index is 2.22. The molecule has 1 saturated heterocycles. The molecule has 3 rings (SSSR count). The number of hydrogen-bond acceptors (Lipinski definition) is 4. The fourth-order valence-electron chi connectivity index (χ4n) is 3.15. The Morgan fingerprint density at radius 3 is 2.15 bits per heavy atom. The maximum atomic E-state index is 12.5. The quantitative estimate of drug-likeness (QED) is 0.523. The predicted octanol–water partition coefficient (Wildman–Crippen LogP) is 5.60. The first-order valence-electron chi connectivity index (χ1n) is 8.62. The van der Waals surface area contributed by atoms with E-state index >= 15 is 0 Å². The first-order chi connectivity index (χ1) is 12.3. The van der Waals surface area contributed by atoms with Gasteiger partial charge in [0.2, 0.25) is 5.90 Å². The third-order valence-corrected chi connectivity index (χ3v) is 4.44. The zero-order valence-electron chi connectivity index (χ0n) is 16.1. The van der Waals surface area contributed by atoms with Crippen LogP contribution in [0.4, 0.5) is 5.69 Å². The van der Waals surface area contributed by atoms with Gasteiger partial charge in [0.25, 0.3) is 0 Å². The van der Waals surface area contributed by atoms with Crippen LogP contribution in [0, 0.1) is 20.8 Å². The second-order valence-corrected chi connectivity index (χ2v) is 6.84. The molecule has 0 spiro atoms. The predicted molar refractivity (Wildman–Crippen MR) is 104 cm³/mol. The van der Waals surface area contributed by atoms with Crippen LogP contribution in [-0.4, -0.2) is 11.9 Å². The molecule has 134 valence electrons.